The molecule has 198 valence electrons. The third-order valence-electron chi connectivity index (χ3n) is 6.23. The molecule has 0 bridgehead atoms. The molecule has 1 atom stereocenters. The molecule has 6 nitrogen and oxygen atoms in total. The summed E-state index contributed by atoms with van der Waals surface area (Å²) in [6, 6.07) is 18.4. The molecule has 0 radical (unpaired) electrons. The highest BCUT2D eigenvalue weighted by Crippen LogP contribution is 2.44. The van der Waals surface area contributed by atoms with Gasteiger partial charge in [0, 0.05) is 26.4 Å². The fourth-order valence-electron chi connectivity index (χ4n) is 4.18. The van der Waals surface area contributed by atoms with Crippen LogP contribution in [0.4, 0.5) is 5.13 Å². The Labute approximate surface area is 248 Å². The summed E-state index contributed by atoms with van der Waals surface area (Å²) in [5, 5.41) is 21.5. The number of ketones is 1. The molecule has 39 heavy (non-hydrogen) atoms. The first kappa shape index (κ1) is 27.7. The summed E-state index contributed by atoms with van der Waals surface area (Å²) >= 11 is 20.9. The molecule has 0 saturated carbocycles. The number of carbonyl (C=O) groups is 2. The molecule has 11 heteroatoms. The van der Waals surface area contributed by atoms with Crippen LogP contribution in [0.3, 0.4) is 0 Å². The van der Waals surface area contributed by atoms with Gasteiger partial charge in [-0.05, 0) is 59.5 Å². The van der Waals surface area contributed by atoms with Gasteiger partial charge in [0.2, 0.25) is 5.13 Å². The summed E-state index contributed by atoms with van der Waals surface area (Å²) in [6.45, 7) is 2.04. The van der Waals surface area contributed by atoms with E-state index >= 15 is 0 Å². The summed E-state index contributed by atoms with van der Waals surface area (Å²) in [7, 11) is 0. The third-order valence-corrected chi connectivity index (χ3v) is 9.18. The van der Waals surface area contributed by atoms with Crippen molar-refractivity contribution < 1.29 is 14.7 Å². The van der Waals surface area contributed by atoms with Crippen molar-refractivity contribution in [3.05, 3.63) is 110 Å². The molecule has 1 unspecified atom stereocenters. The van der Waals surface area contributed by atoms with Crippen LogP contribution in [-0.4, -0.2) is 27.0 Å². The molecule has 1 saturated heterocycles. The first-order valence-corrected chi connectivity index (χ1v) is 14.8. The lowest BCUT2D eigenvalue weighted by atomic mass is 9.94. The van der Waals surface area contributed by atoms with Crippen molar-refractivity contribution in [3.8, 4) is 0 Å². The van der Waals surface area contributed by atoms with Gasteiger partial charge in [-0.15, -0.1) is 10.2 Å². The number of amides is 1. The van der Waals surface area contributed by atoms with E-state index in [4.69, 9.17) is 34.8 Å². The summed E-state index contributed by atoms with van der Waals surface area (Å²) in [6.07, 6.45) is 0.833. The Morgan fingerprint density at radius 2 is 1.67 bits per heavy atom. The highest BCUT2D eigenvalue weighted by Gasteiger charge is 2.48. The topological polar surface area (TPSA) is 83.4 Å². The lowest BCUT2D eigenvalue weighted by Crippen LogP contribution is -2.29. The number of hydrogen-bond acceptors (Lipinski definition) is 7. The molecule has 0 spiro atoms. The predicted molar refractivity (Wildman–Crippen MR) is 158 cm³/mol. The smallest absolute Gasteiger partial charge is 0.301 e. The van der Waals surface area contributed by atoms with Gasteiger partial charge in [0.1, 0.15) is 5.76 Å². The molecule has 4 aromatic rings. The highest BCUT2D eigenvalue weighted by molar-refractivity contribution is 8.00. The number of thioether (sulfide) groups is 1. The van der Waals surface area contributed by atoms with Crippen LogP contribution < -0.4 is 4.90 Å². The molecular weight excluding hydrogens is 597 g/mol. The average molecular weight is 617 g/mol. The molecular formula is C28H20Cl3N3O3S2. The van der Waals surface area contributed by atoms with Crippen molar-refractivity contribution in [1.82, 2.24) is 10.2 Å². The number of aliphatic hydroxyl groups excluding tert-OH is 1. The molecule has 1 aliphatic rings. The average Bonchev–Trinajstić information content (AvgIpc) is 3.50. The first-order chi connectivity index (χ1) is 18.8. The minimum absolute atomic E-state index is 0.0241. The van der Waals surface area contributed by atoms with Crippen LogP contribution in [0, 0.1) is 0 Å². The quantitative estimate of drug-likeness (QED) is 0.0745. The first-order valence-electron chi connectivity index (χ1n) is 11.8. The van der Waals surface area contributed by atoms with E-state index in [-0.39, 0.29) is 16.5 Å². The van der Waals surface area contributed by atoms with E-state index < -0.39 is 17.7 Å². The zero-order valence-electron chi connectivity index (χ0n) is 20.4. The minimum Gasteiger partial charge on any atom is -0.507 e. The van der Waals surface area contributed by atoms with E-state index in [0.717, 1.165) is 17.5 Å². The number of benzene rings is 3. The molecule has 1 fully saturated rings. The number of aromatic nitrogens is 2. The van der Waals surface area contributed by atoms with Crippen LogP contribution in [0.5, 0.6) is 0 Å². The lowest BCUT2D eigenvalue weighted by Gasteiger charge is -2.22. The maximum absolute atomic E-state index is 13.4. The minimum atomic E-state index is -0.886. The van der Waals surface area contributed by atoms with Gasteiger partial charge < -0.3 is 5.11 Å². The zero-order valence-corrected chi connectivity index (χ0v) is 24.3. The maximum Gasteiger partial charge on any atom is 0.301 e. The Morgan fingerprint density at radius 3 is 2.33 bits per heavy atom. The van der Waals surface area contributed by atoms with Gasteiger partial charge in [-0.2, -0.15) is 0 Å². The van der Waals surface area contributed by atoms with Crippen LogP contribution in [0.25, 0.3) is 5.76 Å². The fraction of sp³-hybridized carbons (Fsp3) is 0.143. The number of aryl methyl sites for hydroxylation is 1. The second-order valence-corrected chi connectivity index (χ2v) is 12.1. The summed E-state index contributed by atoms with van der Waals surface area (Å²) in [5.74, 6) is -1.36. The Hall–Kier alpha value is -2.88. The van der Waals surface area contributed by atoms with Crippen molar-refractivity contribution in [2.24, 2.45) is 0 Å². The van der Waals surface area contributed by atoms with Crippen molar-refractivity contribution in [3.63, 3.8) is 0 Å². The highest BCUT2D eigenvalue weighted by atomic mass is 35.5. The van der Waals surface area contributed by atoms with Gasteiger partial charge in [0.25, 0.3) is 5.78 Å². The largest absolute Gasteiger partial charge is 0.507 e. The molecule has 0 aliphatic carbocycles. The number of halogens is 3. The molecule has 5 rings (SSSR count). The van der Waals surface area contributed by atoms with Gasteiger partial charge in [-0.25, -0.2) is 0 Å². The predicted octanol–water partition coefficient (Wildman–Crippen LogP) is 7.98. The number of hydrogen-bond donors (Lipinski definition) is 1. The SMILES string of the molecule is CCc1ccc(C2/C(=C(/O)c3ccc(Cl)cc3)C(=O)C(=O)N2c2nnc(SCc3ccc(Cl)cc3Cl)s2)cc1. The van der Waals surface area contributed by atoms with Crippen LogP contribution >= 0.6 is 57.9 Å². The third kappa shape index (κ3) is 5.71. The zero-order chi connectivity index (χ0) is 27.7. The summed E-state index contributed by atoms with van der Waals surface area (Å²) in [5.41, 5.74) is 3.00. The number of rotatable bonds is 7. The monoisotopic (exact) mass is 615 g/mol. The van der Waals surface area contributed by atoms with Crippen molar-refractivity contribution >= 4 is 80.5 Å². The second-order valence-electron chi connectivity index (χ2n) is 8.65. The van der Waals surface area contributed by atoms with E-state index in [1.807, 2.05) is 37.3 Å². The van der Waals surface area contributed by atoms with Crippen molar-refractivity contribution in [2.75, 3.05) is 4.90 Å². The van der Waals surface area contributed by atoms with E-state index in [2.05, 4.69) is 10.2 Å². The lowest BCUT2D eigenvalue weighted by molar-refractivity contribution is -0.132. The standard InChI is InChI=1S/C28H20Cl3N3O3S2/c1-2-15-3-5-16(6-4-15)23-22(24(35)17-7-10-19(29)11-8-17)25(36)26(37)34(23)27-32-33-28(39-27)38-14-18-9-12-20(30)13-21(18)31/h3-13,23,35H,2,14H2,1H3/b24-22-. The number of nitrogens with zero attached hydrogens (tertiary/aromatic N) is 3. The summed E-state index contributed by atoms with van der Waals surface area (Å²) in [4.78, 5) is 28.0. The molecule has 1 aliphatic heterocycles. The molecule has 1 N–H and O–H groups in total. The summed E-state index contributed by atoms with van der Waals surface area (Å²) < 4.78 is 0.593. The maximum atomic E-state index is 13.4. The van der Waals surface area contributed by atoms with Gasteiger partial charge in [-0.3, -0.25) is 14.5 Å². The van der Waals surface area contributed by atoms with E-state index in [1.165, 1.54) is 28.0 Å². The van der Waals surface area contributed by atoms with Crippen molar-refractivity contribution in [1.29, 1.82) is 0 Å². The van der Waals surface area contributed by atoms with Gasteiger partial charge in [0.05, 0.1) is 11.6 Å². The Morgan fingerprint density at radius 1 is 0.974 bits per heavy atom. The van der Waals surface area contributed by atoms with E-state index in [9.17, 15) is 14.7 Å². The fourth-order valence-corrected chi connectivity index (χ4v) is 6.73. The Kier molecular flexibility index (Phi) is 8.30. The molecule has 2 heterocycles. The van der Waals surface area contributed by atoms with Crippen LogP contribution in [0.15, 0.2) is 76.6 Å². The number of carbonyl (C=O) groups excluding carboxylic acids is 2. The van der Waals surface area contributed by atoms with Crippen molar-refractivity contribution in [2.45, 2.75) is 29.5 Å². The molecule has 3 aromatic carbocycles. The Balaban J connectivity index is 1.53. The van der Waals surface area contributed by atoms with Crippen LogP contribution in [0.2, 0.25) is 15.1 Å². The van der Waals surface area contributed by atoms with E-state index in [0.29, 0.717) is 36.3 Å². The normalized spacial score (nSPS) is 16.7. The van der Waals surface area contributed by atoms with Gasteiger partial charge >= 0.3 is 5.91 Å². The number of aliphatic hydroxyl groups is 1. The van der Waals surface area contributed by atoms with Gasteiger partial charge in [-0.1, -0.05) is 95.2 Å². The molecule has 1 amide bonds. The van der Waals surface area contributed by atoms with Crippen LogP contribution in [-0.2, 0) is 21.8 Å². The van der Waals surface area contributed by atoms with Crippen LogP contribution in [0.1, 0.15) is 35.2 Å². The molecule has 1 aromatic heterocycles. The second kappa shape index (κ2) is 11.7. The number of anilines is 1. The number of Topliss-reactive ketones (excluding diaryl/α,β-unsaturated/α-hetero) is 1. The van der Waals surface area contributed by atoms with E-state index in [1.54, 1.807) is 36.4 Å². The van der Waals surface area contributed by atoms with Gasteiger partial charge in [0.15, 0.2) is 4.34 Å². The Bertz CT molecular complexity index is 1590.